The summed E-state index contributed by atoms with van der Waals surface area (Å²) in [5.74, 6) is 0.113. The highest BCUT2D eigenvalue weighted by molar-refractivity contribution is 5.78. The van der Waals surface area contributed by atoms with Gasteiger partial charge in [0.1, 0.15) is 0 Å². The lowest BCUT2D eigenvalue weighted by Gasteiger charge is -2.36. The molecule has 0 aromatic heterocycles. The maximum absolute atomic E-state index is 11.9. The predicted octanol–water partition coefficient (Wildman–Crippen LogP) is 1.53. The number of hydrogen-bond acceptors (Lipinski definition) is 3. The topological polar surface area (TPSA) is 52.6 Å². The first-order valence-corrected chi connectivity index (χ1v) is 7.24. The van der Waals surface area contributed by atoms with Gasteiger partial charge in [-0.2, -0.15) is 0 Å². The highest BCUT2D eigenvalue weighted by Gasteiger charge is 2.25. The Balaban J connectivity index is 2.43. The van der Waals surface area contributed by atoms with Gasteiger partial charge in [-0.15, -0.1) is 0 Å². The van der Waals surface area contributed by atoms with E-state index in [2.05, 4.69) is 17.1 Å². The molecule has 1 fully saturated rings. The average molecular weight is 256 g/mol. The van der Waals surface area contributed by atoms with E-state index in [0.29, 0.717) is 12.6 Å². The summed E-state index contributed by atoms with van der Waals surface area (Å²) in [7, 11) is 0. The Labute approximate surface area is 111 Å². The number of nitrogens with one attached hydrogen (secondary N) is 1. The van der Waals surface area contributed by atoms with E-state index in [4.69, 9.17) is 0 Å². The summed E-state index contributed by atoms with van der Waals surface area (Å²) < 4.78 is 0. The number of amides is 1. The van der Waals surface area contributed by atoms with Gasteiger partial charge in [-0.3, -0.25) is 9.69 Å². The van der Waals surface area contributed by atoms with Crippen LogP contribution >= 0.6 is 0 Å². The number of rotatable bonds is 6. The van der Waals surface area contributed by atoms with Crippen LogP contribution in [0.1, 0.15) is 52.9 Å². The Hall–Kier alpha value is -0.610. The van der Waals surface area contributed by atoms with Crippen LogP contribution < -0.4 is 5.32 Å². The molecule has 0 saturated carbocycles. The molecule has 2 N–H and O–H groups in total. The maximum Gasteiger partial charge on any atom is 0.234 e. The van der Waals surface area contributed by atoms with Gasteiger partial charge >= 0.3 is 0 Å². The number of nitrogens with zero attached hydrogens (tertiary/aromatic N) is 1. The van der Waals surface area contributed by atoms with Crippen LogP contribution in [0.4, 0.5) is 0 Å². The van der Waals surface area contributed by atoms with Crippen LogP contribution in [0.15, 0.2) is 0 Å². The van der Waals surface area contributed by atoms with E-state index >= 15 is 0 Å². The van der Waals surface area contributed by atoms with Gasteiger partial charge in [0.05, 0.1) is 12.6 Å². The van der Waals surface area contributed by atoms with Crippen molar-refractivity contribution in [1.29, 1.82) is 0 Å². The van der Waals surface area contributed by atoms with Gasteiger partial charge in [0, 0.05) is 12.1 Å². The van der Waals surface area contributed by atoms with Crippen molar-refractivity contribution in [3.05, 3.63) is 0 Å². The standard InChI is InChI=1S/C14H28N2O2/c1-4-11(2)15-14(18)10-16-8-6-5-7-13(16)9-12(3)17/h11-13,17H,4-10H2,1-3H3,(H,15,18). The number of piperidine rings is 1. The monoisotopic (exact) mass is 256 g/mol. The van der Waals surface area contributed by atoms with Gasteiger partial charge in [-0.05, 0) is 46.1 Å². The molecule has 106 valence electrons. The molecule has 0 aromatic rings. The number of aliphatic hydroxyl groups is 1. The molecule has 1 amide bonds. The quantitative estimate of drug-likeness (QED) is 0.758. The zero-order chi connectivity index (χ0) is 13.5. The number of likely N-dealkylation sites (tertiary alicyclic amines) is 1. The normalized spacial score (nSPS) is 24.6. The smallest absolute Gasteiger partial charge is 0.234 e. The molecule has 3 unspecified atom stereocenters. The fraction of sp³-hybridized carbons (Fsp3) is 0.929. The van der Waals surface area contributed by atoms with Crippen molar-refractivity contribution in [3.63, 3.8) is 0 Å². The molecular weight excluding hydrogens is 228 g/mol. The number of carbonyl (C=O) groups excluding carboxylic acids is 1. The summed E-state index contributed by atoms with van der Waals surface area (Å²) in [4.78, 5) is 14.1. The molecule has 0 radical (unpaired) electrons. The molecule has 1 saturated heterocycles. The molecule has 18 heavy (non-hydrogen) atoms. The number of hydrogen-bond donors (Lipinski definition) is 2. The summed E-state index contributed by atoms with van der Waals surface area (Å²) in [5.41, 5.74) is 0. The molecule has 0 aliphatic carbocycles. The predicted molar refractivity (Wildman–Crippen MR) is 73.4 cm³/mol. The van der Waals surface area contributed by atoms with Crippen molar-refractivity contribution in [2.24, 2.45) is 0 Å². The van der Waals surface area contributed by atoms with Crippen molar-refractivity contribution in [2.45, 2.75) is 71.1 Å². The minimum absolute atomic E-state index is 0.113. The maximum atomic E-state index is 11.9. The molecule has 0 spiro atoms. The molecule has 3 atom stereocenters. The SMILES string of the molecule is CCC(C)NC(=O)CN1CCCCC1CC(C)O. The molecule has 1 aliphatic rings. The van der Waals surface area contributed by atoms with Gasteiger partial charge in [-0.1, -0.05) is 13.3 Å². The fourth-order valence-electron chi connectivity index (χ4n) is 2.54. The minimum Gasteiger partial charge on any atom is -0.393 e. The van der Waals surface area contributed by atoms with Crippen LogP contribution in [-0.2, 0) is 4.79 Å². The summed E-state index contributed by atoms with van der Waals surface area (Å²) >= 11 is 0. The largest absolute Gasteiger partial charge is 0.393 e. The Morgan fingerprint density at radius 3 is 2.78 bits per heavy atom. The van der Waals surface area contributed by atoms with Crippen LogP contribution in [0.3, 0.4) is 0 Å². The molecule has 1 aliphatic heterocycles. The van der Waals surface area contributed by atoms with Crippen molar-refractivity contribution in [1.82, 2.24) is 10.2 Å². The number of carbonyl (C=O) groups is 1. The van der Waals surface area contributed by atoms with Crippen molar-refractivity contribution >= 4 is 5.91 Å². The summed E-state index contributed by atoms with van der Waals surface area (Å²) in [6.45, 7) is 7.38. The highest BCUT2D eigenvalue weighted by atomic mass is 16.3. The van der Waals surface area contributed by atoms with E-state index < -0.39 is 0 Å². The Morgan fingerprint density at radius 2 is 2.17 bits per heavy atom. The van der Waals surface area contributed by atoms with Crippen LogP contribution in [-0.4, -0.2) is 47.2 Å². The second-order valence-electron chi connectivity index (χ2n) is 5.58. The lowest BCUT2D eigenvalue weighted by molar-refractivity contribution is -0.124. The molecule has 0 bridgehead atoms. The fourth-order valence-corrected chi connectivity index (χ4v) is 2.54. The Kier molecular flexibility index (Phi) is 6.65. The first-order chi connectivity index (χ1) is 8.52. The van der Waals surface area contributed by atoms with E-state index in [1.165, 1.54) is 6.42 Å². The van der Waals surface area contributed by atoms with E-state index in [-0.39, 0.29) is 18.1 Å². The van der Waals surface area contributed by atoms with Gasteiger partial charge in [0.2, 0.25) is 5.91 Å². The highest BCUT2D eigenvalue weighted by Crippen LogP contribution is 2.20. The second-order valence-corrected chi connectivity index (χ2v) is 5.58. The van der Waals surface area contributed by atoms with E-state index in [1.54, 1.807) is 0 Å². The van der Waals surface area contributed by atoms with Gasteiger partial charge in [-0.25, -0.2) is 0 Å². The lowest BCUT2D eigenvalue weighted by Crippen LogP contribution is -2.47. The average Bonchev–Trinajstić information content (AvgIpc) is 2.30. The van der Waals surface area contributed by atoms with E-state index in [1.807, 2.05) is 13.8 Å². The van der Waals surface area contributed by atoms with Gasteiger partial charge in [0.15, 0.2) is 0 Å². The minimum atomic E-state index is -0.284. The first-order valence-electron chi connectivity index (χ1n) is 7.24. The van der Waals surface area contributed by atoms with E-state index in [9.17, 15) is 9.90 Å². The summed E-state index contributed by atoms with van der Waals surface area (Å²) in [6.07, 6.45) is 4.92. The zero-order valence-electron chi connectivity index (χ0n) is 12.0. The third-order valence-electron chi connectivity index (χ3n) is 3.73. The van der Waals surface area contributed by atoms with E-state index in [0.717, 1.165) is 32.2 Å². The van der Waals surface area contributed by atoms with Crippen LogP contribution in [0.5, 0.6) is 0 Å². The molecule has 1 rings (SSSR count). The Bertz CT molecular complexity index is 256. The molecule has 1 heterocycles. The van der Waals surface area contributed by atoms with Crippen LogP contribution in [0.25, 0.3) is 0 Å². The molecule has 4 nitrogen and oxygen atoms in total. The van der Waals surface area contributed by atoms with Gasteiger partial charge < -0.3 is 10.4 Å². The van der Waals surface area contributed by atoms with Crippen molar-refractivity contribution < 1.29 is 9.90 Å². The van der Waals surface area contributed by atoms with Crippen LogP contribution in [0, 0.1) is 0 Å². The molecular formula is C14H28N2O2. The third kappa shape index (κ3) is 5.36. The van der Waals surface area contributed by atoms with Crippen molar-refractivity contribution in [2.75, 3.05) is 13.1 Å². The number of aliphatic hydroxyl groups excluding tert-OH is 1. The van der Waals surface area contributed by atoms with Gasteiger partial charge in [0.25, 0.3) is 0 Å². The summed E-state index contributed by atoms with van der Waals surface area (Å²) in [6, 6.07) is 0.610. The molecule has 0 aromatic carbocycles. The summed E-state index contributed by atoms with van der Waals surface area (Å²) in [5, 5.41) is 12.5. The van der Waals surface area contributed by atoms with Crippen molar-refractivity contribution in [3.8, 4) is 0 Å². The second kappa shape index (κ2) is 7.74. The molecule has 4 heteroatoms. The Morgan fingerprint density at radius 1 is 1.44 bits per heavy atom. The third-order valence-corrected chi connectivity index (χ3v) is 3.73. The first kappa shape index (κ1) is 15.4. The van der Waals surface area contributed by atoms with Crippen LogP contribution in [0.2, 0.25) is 0 Å². The lowest BCUT2D eigenvalue weighted by atomic mass is 9.97. The zero-order valence-corrected chi connectivity index (χ0v) is 12.0.